The molecule has 168 valence electrons. The number of alkyl carbamates (subject to hydrolysis) is 1. The summed E-state index contributed by atoms with van der Waals surface area (Å²) in [5.74, 6) is -0.129. The summed E-state index contributed by atoms with van der Waals surface area (Å²) in [5.41, 5.74) is 3.31. The lowest BCUT2D eigenvalue weighted by Gasteiger charge is -2.21. The maximum absolute atomic E-state index is 12.3. The molecule has 0 fully saturated rings. The van der Waals surface area contributed by atoms with Gasteiger partial charge in [0, 0.05) is 23.1 Å². The minimum atomic E-state index is -0.439. The molecule has 8 heteroatoms. The molecule has 0 saturated heterocycles. The Bertz CT molecular complexity index is 1180. The molecule has 33 heavy (non-hydrogen) atoms. The van der Waals surface area contributed by atoms with Crippen molar-refractivity contribution in [1.82, 2.24) is 5.32 Å². The average molecular weight is 462 g/mol. The minimum Gasteiger partial charge on any atom is -0.472 e. The summed E-state index contributed by atoms with van der Waals surface area (Å²) in [6.45, 7) is 0.734. The molecule has 7 nitrogen and oxygen atoms in total. The molecule has 3 aromatic rings. The Morgan fingerprint density at radius 2 is 2.12 bits per heavy atom. The molecule has 1 aliphatic carbocycles. The third-order valence-corrected chi connectivity index (χ3v) is 6.59. The number of nitrogens with one attached hydrogen (secondary N) is 2. The Hall–Kier alpha value is -3.83. The number of hydrogen-bond donors (Lipinski definition) is 2. The summed E-state index contributed by atoms with van der Waals surface area (Å²) >= 11 is 1.42. The lowest BCUT2D eigenvalue weighted by Crippen LogP contribution is -2.27. The van der Waals surface area contributed by atoms with Crippen molar-refractivity contribution < 1.29 is 18.7 Å². The van der Waals surface area contributed by atoms with Crippen LogP contribution in [0.3, 0.4) is 0 Å². The molecular weight excluding hydrogens is 438 g/mol. The van der Waals surface area contributed by atoms with Gasteiger partial charge in [-0.1, -0.05) is 30.3 Å². The highest BCUT2D eigenvalue weighted by Gasteiger charge is 2.27. The van der Waals surface area contributed by atoms with Gasteiger partial charge in [-0.05, 0) is 48.4 Å². The second-order valence-corrected chi connectivity index (χ2v) is 8.85. The number of hydrogen-bond acceptors (Lipinski definition) is 6. The van der Waals surface area contributed by atoms with Gasteiger partial charge in [-0.2, -0.15) is 5.26 Å². The van der Waals surface area contributed by atoms with Crippen LogP contribution in [0.25, 0.3) is 6.08 Å². The van der Waals surface area contributed by atoms with Crippen molar-refractivity contribution in [3.05, 3.63) is 82.1 Å². The van der Waals surface area contributed by atoms with E-state index < -0.39 is 6.09 Å². The van der Waals surface area contributed by atoms with Gasteiger partial charge in [-0.15, -0.1) is 11.3 Å². The summed E-state index contributed by atoms with van der Waals surface area (Å²) < 4.78 is 10.4. The molecule has 4 rings (SSSR count). The lowest BCUT2D eigenvalue weighted by molar-refractivity contribution is -0.111. The predicted molar refractivity (Wildman–Crippen MR) is 126 cm³/mol. The second-order valence-electron chi connectivity index (χ2n) is 7.75. The van der Waals surface area contributed by atoms with Crippen LogP contribution < -0.4 is 10.6 Å². The smallest absolute Gasteiger partial charge is 0.407 e. The topological polar surface area (TPSA) is 104 Å². The van der Waals surface area contributed by atoms with Crippen LogP contribution in [0.1, 0.15) is 33.6 Å². The molecule has 1 unspecified atom stereocenters. The fourth-order valence-electron chi connectivity index (χ4n) is 3.71. The van der Waals surface area contributed by atoms with Crippen molar-refractivity contribution in [3.63, 3.8) is 0 Å². The van der Waals surface area contributed by atoms with Crippen LogP contribution in [0, 0.1) is 17.2 Å². The van der Waals surface area contributed by atoms with Crippen LogP contribution >= 0.6 is 11.3 Å². The number of benzene rings is 1. The molecule has 1 atom stereocenters. The Balaban J connectivity index is 1.31. The minimum absolute atomic E-state index is 0.176. The zero-order valence-electron chi connectivity index (χ0n) is 17.9. The van der Waals surface area contributed by atoms with Gasteiger partial charge in [0.15, 0.2) is 0 Å². The van der Waals surface area contributed by atoms with E-state index in [1.807, 2.05) is 30.3 Å². The number of fused-ring (bicyclic) bond motifs is 1. The Morgan fingerprint density at radius 1 is 1.27 bits per heavy atom. The lowest BCUT2D eigenvalue weighted by atomic mass is 9.88. The highest BCUT2D eigenvalue weighted by atomic mass is 32.1. The van der Waals surface area contributed by atoms with Crippen LogP contribution in [-0.2, 0) is 28.9 Å². The van der Waals surface area contributed by atoms with Crippen molar-refractivity contribution in [3.8, 4) is 6.07 Å². The van der Waals surface area contributed by atoms with E-state index in [0.717, 1.165) is 34.4 Å². The van der Waals surface area contributed by atoms with Crippen molar-refractivity contribution in [2.75, 3.05) is 11.9 Å². The van der Waals surface area contributed by atoms with Gasteiger partial charge in [0.2, 0.25) is 5.91 Å². The van der Waals surface area contributed by atoms with Crippen LogP contribution in [-0.4, -0.2) is 18.6 Å². The monoisotopic (exact) mass is 461 g/mol. The predicted octanol–water partition coefficient (Wildman–Crippen LogP) is 4.90. The van der Waals surface area contributed by atoms with Gasteiger partial charge in [0.05, 0.1) is 24.7 Å². The van der Waals surface area contributed by atoms with E-state index in [2.05, 4.69) is 16.7 Å². The number of furan rings is 1. The van der Waals surface area contributed by atoms with Crippen molar-refractivity contribution >= 4 is 34.4 Å². The number of anilines is 1. The molecule has 2 heterocycles. The Morgan fingerprint density at radius 3 is 2.88 bits per heavy atom. The van der Waals surface area contributed by atoms with Crippen molar-refractivity contribution in [2.24, 2.45) is 5.92 Å². The second kappa shape index (κ2) is 10.7. The molecule has 1 aliphatic rings. The molecule has 0 spiro atoms. The number of thiophene rings is 1. The van der Waals surface area contributed by atoms with E-state index in [9.17, 15) is 14.9 Å². The Labute approximate surface area is 195 Å². The Kier molecular flexibility index (Phi) is 7.22. The SMILES string of the molecule is N#Cc1c(NC(=O)C=Cc2ccoc2)sc2c1CCC(COC(=O)NCc1ccccc1)C2. The fourth-order valence-corrected chi connectivity index (χ4v) is 5.03. The van der Waals surface area contributed by atoms with E-state index in [1.54, 1.807) is 18.4 Å². The van der Waals surface area contributed by atoms with Gasteiger partial charge < -0.3 is 19.8 Å². The summed E-state index contributed by atoms with van der Waals surface area (Å²) in [6, 6.07) is 13.6. The van der Waals surface area contributed by atoms with Gasteiger partial charge in [-0.3, -0.25) is 4.79 Å². The molecule has 0 bridgehead atoms. The number of amides is 2. The number of ether oxygens (including phenoxy) is 1. The fraction of sp³-hybridized carbons (Fsp3) is 0.240. The molecule has 0 aliphatic heterocycles. The molecule has 2 N–H and O–H groups in total. The first-order chi connectivity index (χ1) is 16.1. The van der Waals surface area contributed by atoms with Gasteiger partial charge in [0.25, 0.3) is 0 Å². The van der Waals surface area contributed by atoms with E-state index >= 15 is 0 Å². The normalized spacial score (nSPS) is 14.9. The third-order valence-electron chi connectivity index (χ3n) is 5.42. The summed E-state index contributed by atoms with van der Waals surface area (Å²) in [4.78, 5) is 25.4. The number of carbonyl (C=O) groups excluding carboxylic acids is 2. The largest absolute Gasteiger partial charge is 0.472 e. The average Bonchev–Trinajstić information content (AvgIpc) is 3.47. The standard InChI is InChI=1S/C25H23N3O4S/c26-13-21-20-8-6-19(16-32-25(30)27-14-17-4-2-1-3-5-17)12-22(20)33-24(21)28-23(29)9-7-18-10-11-31-15-18/h1-5,7,9-11,15,19H,6,8,12,14,16H2,(H,27,30)(H,28,29). The van der Waals surface area contributed by atoms with Crippen molar-refractivity contribution in [1.29, 1.82) is 5.26 Å². The van der Waals surface area contributed by atoms with E-state index in [-0.39, 0.29) is 11.8 Å². The van der Waals surface area contributed by atoms with E-state index in [0.29, 0.717) is 30.1 Å². The van der Waals surface area contributed by atoms with Gasteiger partial charge >= 0.3 is 6.09 Å². The molecular formula is C25H23N3O4S. The first-order valence-corrected chi connectivity index (χ1v) is 11.4. The number of nitriles is 1. The quantitative estimate of drug-likeness (QED) is 0.487. The van der Waals surface area contributed by atoms with Crippen molar-refractivity contribution in [2.45, 2.75) is 25.8 Å². The third kappa shape index (κ3) is 5.90. The van der Waals surface area contributed by atoms with E-state index in [1.165, 1.54) is 23.7 Å². The molecule has 2 aromatic heterocycles. The molecule has 1 aromatic carbocycles. The van der Waals surface area contributed by atoms with Gasteiger partial charge in [-0.25, -0.2) is 4.79 Å². The summed E-state index contributed by atoms with van der Waals surface area (Å²) in [5, 5.41) is 15.8. The van der Waals surface area contributed by atoms with Gasteiger partial charge in [0.1, 0.15) is 11.1 Å². The van der Waals surface area contributed by atoms with Crippen LogP contribution in [0.5, 0.6) is 0 Å². The highest BCUT2D eigenvalue weighted by molar-refractivity contribution is 7.16. The first-order valence-electron chi connectivity index (χ1n) is 10.6. The molecule has 2 amide bonds. The van der Waals surface area contributed by atoms with Crippen LogP contribution in [0.15, 0.2) is 59.4 Å². The summed E-state index contributed by atoms with van der Waals surface area (Å²) in [7, 11) is 0. The number of nitrogens with zero attached hydrogens (tertiary/aromatic N) is 1. The van der Waals surface area contributed by atoms with E-state index in [4.69, 9.17) is 9.15 Å². The summed E-state index contributed by atoms with van der Waals surface area (Å²) in [6.07, 6.45) is 7.94. The zero-order valence-corrected chi connectivity index (χ0v) is 18.7. The maximum atomic E-state index is 12.3. The zero-order chi connectivity index (χ0) is 23.0. The highest BCUT2D eigenvalue weighted by Crippen LogP contribution is 2.39. The number of rotatable bonds is 7. The van der Waals surface area contributed by atoms with Crippen LogP contribution in [0.2, 0.25) is 0 Å². The number of carbonyl (C=O) groups is 2. The molecule has 0 saturated carbocycles. The molecule has 0 radical (unpaired) electrons. The van der Waals surface area contributed by atoms with Crippen LogP contribution in [0.4, 0.5) is 9.80 Å². The maximum Gasteiger partial charge on any atom is 0.407 e. The first kappa shape index (κ1) is 22.4.